The minimum absolute atomic E-state index is 0.0342. The van der Waals surface area contributed by atoms with Crippen molar-refractivity contribution in [2.75, 3.05) is 0 Å². The van der Waals surface area contributed by atoms with Gasteiger partial charge in [0.1, 0.15) is 0 Å². The molecule has 0 aliphatic heterocycles. The fraction of sp³-hybridized carbons (Fsp3) is 0.324. The van der Waals surface area contributed by atoms with Crippen LogP contribution < -0.4 is 0 Å². The number of halogens is 4. The highest BCUT2D eigenvalue weighted by molar-refractivity contribution is 6.36. The molecular weight excluding hydrogens is 1850 g/mol. The molecule has 0 saturated carbocycles. The molecule has 4 heteroatoms. The second-order valence-electron chi connectivity index (χ2n) is 44.4. The molecule has 0 aliphatic carbocycles. The monoisotopic (exact) mass is 2010 g/mol. The highest BCUT2D eigenvalue weighted by Gasteiger charge is 2.31. The molecular formula is C142H168Cl4. The van der Waals surface area contributed by atoms with Gasteiger partial charge >= 0.3 is 0 Å². The third-order valence-corrected chi connectivity index (χ3v) is 33.1. The molecule has 0 aliphatic rings. The molecule has 0 aromatic heterocycles. The van der Waals surface area contributed by atoms with Gasteiger partial charge in [0, 0.05) is 53.1 Å². The van der Waals surface area contributed by atoms with E-state index in [2.05, 4.69) is 521 Å². The van der Waals surface area contributed by atoms with Crippen molar-refractivity contribution in [1.29, 1.82) is 0 Å². The van der Waals surface area contributed by atoms with Gasteiger partial charge in [0.25, 0.3) is 0 Å². The van der Waals surface area contributed by atoms with E-state index in [0.29, 0.717) is 26.0 Å². The number of aryl methyl sites for hydroxylation is 20. The summed E-state index contributed by atoms with van der Waals surface area (Å²) >= 11 is 25.1. The minimum atomic E-state index is -0.304. The zero-order valence-electron chi connectivity index (χ0n) is 95.6. The van der Waals surface area contributed by atoms with Crippen molar-refractivity contribution in [3.63, 3.8) is 0 Å². The molecule has 0 spiro atoms. The Kier molecular flexibility index (Phi) is 42.1. The van der Waals surface area contributed by atoms with Crippen LogP contribution in [-0.4, -0.2) is 0 Å². The molecule has 0 N–H and O–H groups in total. The van der Waals surface area contributed by atoms with Gasteiger partial charge in [-0.2, -0.15) is 0 Å². The predicted octanol–water partition coefficient (Wildman–Crippen LogP) is 41.5. The molecule has 0 radical (unpaired) electrons. The summed E-state index contributed by atoms with van der Waals surface area (Å²) in [6.45, 7) is 81.0. The number of hydrogen-bond donors (Lipinski definition) is 0. The van der Waals surface area contributed by atoms with Gasteiger partial charge in [-0.1, -0.05) is 446 Å². The van der Waals surface area contributed by atoms with Crippen LogP contribution in [0.5, 0.6) is 0 Å². The first-order valence-corrected chi connectivity index (χ1v) is 53.9. The summed E-state index contributed by atoms with van der Waals surface area (Å²) in [5, 5.41) is 2.65. The molecule has 0 amide bonds. The van der Waals surface area contributed by atoms with E-state index in [4.69, 9.17) is 46.4 Å². The van der Waals surface area contributed by atoms with Crippen LogP contribution in [0.4, 0.5) is 0 Å². The van der Waals surface area contributed by atoms with E-state index >= 15 is 0 Å². The van der Waals surface area contributed by atoms with Crippen LogP contribution in [0, 0.1) is 180 Å². The molecule has 146 heavy (non-hydrogen) atoms. The second kappa shape index (κ2) is 52.0. The van der Waals surface area contributed by atoms with E-state index in [0.717, 1.165) is 41.5 Å². The van der Waals surface area contributed by atoms with Crippen molar-refractivity contribution in [1.82, 2.24) is 0 Å². The maximum atomic E-state index is 6.26. The summed E-state index contributed by atoms with van der Waals surface area (Å²) in [6, 6.07) is 111. The Hall–Kier alpha value is -11.3. The van der Waals surface area contributed by atoms with Crippen LogP contribution in [-0.2, 0) is 39.9 Å². The van der Waals surface area contributed by atoms with Gasteiger partial charge in [0.2, 0.25) is 0 Å². The van der Waals surface area contributed by atoms with Crippen molar-refractivity contribution in [3.8, 4) is 0 Å². The maximum Gasteiger partial charge on any atom is 0.0453 e. The molecule has 0 atom stereocenters. The zero-order chi connectivity index (χ0) is 108. The lowest BCUT2D eigenvalue weighted by molar-refractivity contribution is 0.549. The van der Waals surface area contributed by atoms with Crippen LogP contribution in [0.3, 0.4) is 0 Å². The van der Waals surface area contributed by atoms with Gasteiger partial charge in [-0.3, -0.25) is 0 Å². The van der Waals surface area contributed by atoms with Crippen molar-refractivity contribution in [3.05, 3.63) is 557 Å². The fourth-order valence-corrected chi connectivity index (χ4v) is 19.3. The van der Waals surface area contributed by atoms with E-state index in [-0.39, 0.29) is 27.1 Å². The third-order valence-electron chi connectivity index (χ3n) is 31.6. The van der Waals surface area contributed by atoms with Crippen LogP contribution in [0.2, 0.25) is 20.1 Å². The van der Waals surface area contributed by atoms with Gasteiger partial charge in [0.15, 0.2) is 0 Å². The SMILES string of the molecule is CCC(C)(c1ccc(C)cc1)c1ccc(C)cc1.Cc1c(Cl)cc(C(C)(C)c2cc(Cl)c(C)c(Cl)c2)cc1Cl.Cc1cc(C(C)(C)c2cc(C)c(C)c(C)c2)cc(C)c1C.Cc1cc(Cc2cc(C)c(C)c(C)c2)cc(C)c1C.Cc1ccc(C(C)(C)c2ccc(C)c(C)c2)cc1C.Cc1ccc(C(C)(C)c2ccc(C)cc2)cc1.Cc1ccc(C(C)c2ccc(C)cc2)cc1.Cc1ccc(Cc2ccc(C)cc2)cc1. The Morgan fingerprint density at radius 2 is 0.363 bits per heavy atom. The van der Waals surface area contributed by atoms with E-state index in [1.165, 1.54) is 211 Å². The lowest BCUT2D eigenvalue weighted by Crippen LogP contribution is -2.22. The first-order valence-electron chi connectivity index (χ1n) is 52.4. The van der Waals surface area contributed by atoms with Gasteiger partial charge < -0.3 is 0 Å². The smallest absolute Gasteiger partial charge is 0.0453 e. The highest BCUT2D eigenvalue weighted by Crippen LogP contribution is 2.43. The van der Waals surface area contributed by atoms with Crippen LogP contribution in [0.1, 0.15) is 322 Å². The third kappa shape index (κ3) is 31.6. The zero-order valence-corrected chi connectivity index (χ0v) is 98.6. The topological polar surface area (TPSA) is 0 Å². The van der Waals surface area contributed by atoms with Crippen molar-refractivity contribution < 1.29 is 0 Å². The predicted molar refractivity (Wildman–Crippen MR) is 645 cm³/mol. The van der Waals surface area contributed by atoms with E-state index in [9.17, 15) is 0 Å². The average Bonchev–Trinajstić information content (AvgIpc) is 0.991. The minimum Gasteiger partial charge on any atom is -0.0840 e. The first kappa shape index (κ1) is 118. The van der Waals surface area contributed by atoms with Crippen LogP contribution >= 0.6 is 46.4 Å². The van der Waals surface area contributed by atoms with Gasteiger partial charge in [-0.15, -0.1) is 0 Å². The molecule has 0 fully saturated rings. The maximum absolute atomic E-state index is 6.26. The quantitative estimate of drug-likeness (QED) is 0.0852. The van der Waals surface area contributed by atoms with E-state index in [1.54, 1.807) is 0 Å². The summed E-state index contributed by atoms with van der Waals surface area (Å²) in [5.74, 6) is 0.473. The first-order chi connectivity index (χ1) is 68.4. The summed E-state index contributed by atoms with van der Waals surface area (Å²) in [5.41, 5.74) is 56.1. The fourth-order valence-electron chi connectivity index (χ4n) is 18.3. The Morgan fingerprint density at radius 1 is 0.178 bits per heavy atom. The van der Waals surface area contributed by atoms with Crippen molar-refractivity contribution in [2.45, 2.75) is 308 Å². The summed E-state index contributed by atoms with van der Waals surface area (Å²) in [4.78, 5) is 0. The Morgan fingerprint density at radius 3 is 0.603 bits per heavy atom. The van der Waals surface area contributed by atoms with Gasteiger partial charge in [-0.05, 0) is 413 Å². The molecule has 764 valence electrons. The number of hydrogen-bond acceptors (Lipinski definition) is 0. The average molecular weight is 2020 g/mol. The molecule has 16 aromatic rings. The summed E-state index contributed by atoms with van der Waals surface area (Å²) in [6.07, 6.45) is 3.17. The summed E-state index contributed by atoms with van der Waals surface area (Å²) in [7, 11) is 0. The molecule has 0 saturated heterocycles. The van der Waals surface area contributed by atoms with Crippen LogP contribution in [0.25, 0.3) is 0 Å². The molecule has 0 unspecified atom stereocenters. The second-order valence-corrected chi connectivity index (χ2v) is 46.1. The lowest BCUT2D eigenvalue weighted by Gasteiger charge is -2.30. The van der Waals surface area contributed by atoms with Crippen LogP contribution in [0.15, 0.2) is 303 Å². The van der Waals surface area contributed by atoms with E-state index in [1.807, 2.05) is 38.1 Å². The lowest BCUT2D eigenvalue weighted by atomic mass is 9.74. The Labute approximate surface area is 904 Å². The molecule has 16 rings (SSSR count). The molecule has 16 aromatic carbocycles. The largest absolute Gasteiger partial charge is 0.0840 e. The number of benzene rings is 16. The summed E-state index contributed by atoms with van der Waals surface area (Å²) < 4.78 is 0. The Bertz CT molecular complexity index is 6360. The normalized spacial score (nSPS) is 11.3. The molecule has 0 nitrogen and oxygen atoms in total. The van der Waals surface area contributed by atoms with E-state index < -0.39 is 0 Å². The van der Waals surface area contributed by atoms with Crippen molar-refractivity contribution >= 4 is 46.4 Å². The number of rotatable bonds is 17. The molecule has 0 heterocycles. The van der Waals surface area contributed by atoms with Crippen molar-refractivity contribution in [2.24, 2.45) is 0 Å². The highest BCUT2D eigenvalue weighted by atomic mass is 35.5. The molecule has 0 bridgehead atoms. The standard InChI is InChI=1S/C21H28.2C19H24.C18H22.C17H16Cl4.C17H20.C16H18.C15H16/c1-13-9-19(10-14(2)17(13)5)21(7,8)20-11-15(3)18(6)16(4)12-20;1-12-7-18(8-13(2)16(12)5)11-19-9-14(3)17(6)15(4)10-19;1-13-7-9-17(11-15(13)3)19(5,6)18-10-8-14(2)16(4)12-18;1-5-18(4,16-10-6-14(2)7-11-16)17-12-8-15(3)9-13-17;1-9-13(18)5-11(6-14(9)19)17(3,4)12-7-15(20)10(2)16(21)8-12;1-13-5-9-15(10-6-13)17(3,4)16-11-7-14(2)8-12-16;1-12-4-8-15(9-5-12)14(3)16-10-6-13(2)7-11-16;1-12-3-7-14(8-4-12)11-15-9-5-13(2)6-10-15/h9-12H,1-8H3;7-10H,11H2,1-6H3;7-12H,1-6H3;6-13H,5H2,1-4H3;5-8H,1-4H3;5-12H,1-4H3;4-11,14H,1-3H3;3-10H,11H2,1-2H3. The Balaban J connectivity index is 0.000000186. The van der Waals surface area contributed by atoms with Gasteiger partial charge in [-0.25, -0.2) is 0 Å². The van der Waals surface area contributed by atoms with Gasteiger partial charge in [0.05, 0.1) is 0 Å².